The van der Waals surface area contributed by atoms with Crippen molar-refractivity contribution in [3.8, 4) is 11.3 Å². The van der Waals surface area contributed by atoms with E-state index in [9.17, 15) is 0 Å². The zero-order chi connectivity index (χ0) is 18.9. The van der Waals surface area contributed by atoms with Crippen LogP contribution >= 0.6 is 0 Å². The van der Waals surface area contributed by atoms with Crippen LogP contribution in [-0.4, -0.2) is 58.7 Å². The van der Waals surface area contributed by atoms with Gasteiger partial charge in [-0.3, -0.25) is 9.30 Å². The number of morpholine rings is 1. The first-order chi connectivity index (χ1) is 13.8. The summed E-state index contributed by atoms with van der Waals surface area (Å²) in [5.74, 6) is 1.00. The summed E-state index contributed by atoms with van der Waals surface area (Å²) in [6.45, 7) is 8.09. The normalized spacial score (nSPS) is 19.4. The lowest BCUT2D eigenvalue weighted by molar-refractivity contribution is 0.0198. The molecule has 2 saturated heterocycles. The lowest BCUT2D eigenvalue weighted by atomic mass is 10.0. The second-order valence-electron chi connectivity index (χ2n) is 7.73. The fourth-order valence-electron chi connectivity index (χ4n) is 4.38. The molecule has 0 bridgehead atoms. The number of benzene rings is 1. The molecule has 6 nitrogen and oxygen atoms in total. The lowest BCUT2D eigenvalue weighted by Crippen LogP contribution is -2.37. The van der Waals surface area contributed by atoms with Crippen molar-refractivity contribution >= 4 is 11.5 Å². The van der Waals surface area contributed by atoms with Gasteiger partial charge in [-0.15, -0.1) is 0 Å². The van der Waals surface area contributed by atoms with Crippen LogP contribution in [0.25, 0.3) is 16.9 Å². The van der Waals surface area contributed by atoms with Crippen molar-refractivity contribution in [1.29, 1.82) is 0 Å². The van der Waals surface area contributed by atoms with E-state index in [1.54, 1.807) is 0 Å². The average molecular weight is 377 g/mol. The van der Waals surface area contributed by atoms with Crippen molar-refractivity contribution in [1.82, 2.24) is 19.3 Å². The van der Waals surface area contributed by atoms with Crippen LogP contribution in [-0.2, 0) is 4.74 Å². The van der Waals surface area contributed by atoms with E-state index in [1.165, 1.54) is 24.0 Å². The van der Waals surface area contributed by atoms with Crippen molar-refractivity contribution in [3.63, 3.8) is 0 Å². The molecule has 146 valence electrons. The molecule has 4 heterocycles. The quantitative estimate of drug-likeness (QED) is 0.697. The third-order valence-electron chi connectivity index (χ3n) is 6.10. The van der Waals surface area contributed by atoms with Gasteiger partial charge in [0, 0.05) is 50.2 Å². The second kappa shape index (κ2) is 7.53. The maximum atomic E-state index is 5.48. The van der Waals surface area contributed by atoms with Crippen LogP contribution in [0.3, 0.4) is 0 Å². The smallest absolute Gasteiger partial charge is 0.180 e. The van der Waals surface area contributed by atoms with Gasteiger partial charge in [-0.2, -0.15) is 0 Å². The number of fused-ring (bicyclic) bond motifs is 1. The standard InChI is InChI=1S/C22H27N5O/c1-17(25-12-14-28-15-13-25)18-4-6-19(7-5-18)20-16-24-22-21(23-8-11-27(20)22)26-9-2-3-10-26/h4-8,11,16-17H,2-3,9-10,12-15H2,1H3. The Kier molecular flexibility index (Phi) is 4.74. The third-order valence-corrected chi connectivity index (χ3v) is 6.10. The zero-order valence-electron chi connectivity index (χ0n) is 16.4. The Balaban J connectivity index is 1.43. The summed E-state index contributed by atoms with van der Waals surface area (Å²) >= 11 is 0. The fraction of sp³-hybridized carbons (Fsp3) is 0.455. The molecule has 5 rings (SSSR count). The lowest BCUT2D eigenvalue weighted by Gasteiger charge is -2.32. The molecule has 28 heavy (non-hydrogen) atoms. The van der Waals surface area contributed by atoms with Crippen molar-refractivity contribution < 1.29 is 4.74 Å². The predicted octanol–water partition coefficient (Wildman–Crippen LogP) is 3.39. The van der Waals surface area contributed by atoms with Crippen molar-refractivity contribution in [2.45, 2.75) is 25.8 Å². The maximum Gasteiger partial charge on any atom is 0.180 e. The fourth-order valence-corrected chi connectivity index (χ4v) is 4.38. The van der Waals surface area contributed by atoms with Gasteiger partial charge in [-0.05, 0) is 25.3 Å². The molecule has 3 aromatic rings. The predicted molar refractivity (Wildman–Crippen MR) is 111 cm³/mol. The van der Waals surface area contributed by atoms with Crippen molar-refractivity contribution in [2.75, 3.05) is 44.3 Å². The van der Waals surface area contributed by atoms with E-state index < -0.39 is 0 Å². The minimum absolute atomic E-state index is 0.408. The number of imidazole rings is 1. The number of ether oxygens (including phenoxy) is 1. The van der Waals surface area contributed by atoms with Crippen LogP contribution in [0, 0.1) is 0 Å². The van der Waals surface area contributed by atoms with Crippen LogP contribution in [0.1, 0.15) is 31.4 Å². The Hall–Kier alpha value is -2.44. The summed E-state index contributed by atoms with van der Waals surface area (Å²) in [4.78, 5) is 14.2. The first kappa shape index (κ1) is 17.6. The van der Waals surface area contributed by atoms with E-state index >= 15 is 0 Å². The molecule has 1 aromatic carbocycles. The first-order valence-electron chi connectivity index (χ1n) is 10.3. The average Bonchev–Trinajstić information content (AvgIpc) is 3.44. The Labute approximate surface area is 165 Å². The Morgan fingerprint density at radius 3 is 2.46 bits per heavy atom. The number of aromatic nitrogens is 3. The summed E-state index contributed by atoms with van der Waals surface area (Å²) in [6.07, 6.45) is 8.34. The molecular weight excluding hydrogens is 350 g/mol. The summed E-state index contributed by atoms with van der Waals surface area (Å²) in [7, 11) is 0. The van der Waals surface area contributed by atoms with Gasteiger partial charge < -0.3 is 9.64 Å². The summed E-state index contributed by atoms with van der Waals surface area (Å²) in [5.41, 5.74) is 4.59. The molecular formula is C22H27N5O. The number of rotatable bonds is 4. The molecule has 1 atom stereocenters. The Morgan fingerprint density at radius 1 is 0.964 bits per heavy atom. The molecule has 0 amide bonds. The van der Waals surface area contributed by atoms with E-state index in [-0.39, 0.29) is 0 Å². The van der Waals surface area contributed by atoms with Crippen molar-refractivity contribution in [3.05, 3.63) is 48.4 Å². The minimum Gasteiger partial charge on any atom is -0.379 e. The highest BCUT2D eigenvalue weighted by molar-refractivity contribution is 5.71. The van der Waals surface area contributed by atoms with Crippen LogP contribution in [0.5, 0.6) is 0 Å². The van der Waals surface area contributed by atoms with E-state index in [0.717, 1.165) is 56.6 Å². The van der Waals surface area contributed by atoms with Gasteiger partial charge in [0.25, 0.3) is 0 Å². The maximum absolute atomic E-state index is 5.48. The summed E-state index contributed by atoms with van der Waals surface area (Å²) in [5, 5.41) is 0. The topological polar surface area (TPSA) is 45.9 Å². The number of nitrogens with zero attached hydrogens (tertiary/aromatic N) is 5. The van der Waals surface area contributed by atoms with E-state index in [0.29, 0.717) is 6.04 Å². The molecule has 0 N–H and O–H groups in total. The van der Waals surface area contributed by atoms with Crippen molar-refractivity contribution in [2.24, 2.45) is 0 Å². The van der Waals surface area contributed by atoms with Gasteiger partial charge in [0.2, 0.25) is 0 Å². The number of hydrogen-bond donors (Lipinski definition) is 0. The van der Waals surface area contributed by atoms with E-state index in [1.807, 2.05) is 18.6 Å². The van der Waals surface area contributed by atoms with Gasteiger partial charge in [0.15, 0.2) is 11.5 Å². The highest BCUT2D eigenvalue weighted by Crippen LogP contribution is 2.29. The highest BCUT2D eigenvalue weighted by Gasteiger charge is 2.20. The molecule has 0 radical (unpaired) electrons. The third kappa shape index (κ3) is 3.16. The largest absolute Gasteiger partial charge is 0.379 e. The number of hydrogen-bond acceptors (Lipinski definition) is 5. The van der Waals surface area contributed by atoms with Crippen LogP contribution in [0.15, 0.2) is 42.9 Å². The van der Waals surface area contributed by atoms with Crippen LogP contribution < -0.4 is 4.90 Å². The van der Waals surface area contributed by atoms with Crippen LogP contribution in [0.2, 0.25) is 0 Å². The van der Waals surface area contributed by atoms with Crippen LogP contribution in [0.4, 0.5) is 5.82 Å². The Morgan fingerprint density at radius 2 is 1.71 bits per heavy atom. The van der Waals surface area contributed by atoms with Gasteiger partial charge >= 0.3 is 0 Å². The molecule has 2 aliphatic rings. The molecule has 0 aliphatic carbocycles. The van der Waals surface area contributed by atoms with Gasteiger partial charge in [-0.1, -0.05) is 24.3 Å². The molecule has 1 unspecified atom stereocenters. The van der Waals surface area contributed by atoms with Gasteiger partial charge in [0.05, 0.1) is 25.1 Å². The highest BCUT2D eigenvalue weighted by atomic mass is 16.5. The molecule has 0 saturated carbocycles. The van der Waals surface area contributed by atoms with Gasteiger partial charge in [0.1, 0.15) is 0 Å². The summed E-state index contributed by atoms with van der Waals surface area (Å²) < 4.78 is 7.65. The molecule has 2 aliphatic heterocycles. The molecule has 2 fully saturated rings. The number of anilines is 1. The first-order valence-corrected chi connectivity index (χ1v) is 10.3. The van der Waals surface area contributed by atoms with E-state index in [2.05, 4.69) is 50.4 Å². The van der Waals surface area contributed by atoms with E-state index in [4.69, 9.17) is 9.72 Å². The second-order valence-corrected chi connectivity index (χ2v) is 7.73. The molecule has 0 spiro atoms. The molecule has 2 aromatic heterocycles. The minimum atomic E-state index is 0.408. The monoisotopic (exact) mass is 377 g/mol. The van der Waals surface area contributed by atoms with Gasteiger partial charge in [-0.25, -0.2) is 9.97 Å². The molecule has 6 heteroatoms. The Bertz CT molecular complexity index is 939. The summed E-state index contributed by atoms with van der Waals surface area (Å²) in [6, 6.07) is 9.33. The zero-order valence-corrected chi connectivity index (χ0v) is 16.4. The SMILES string of the molecule is CC(c1ccc(-c2cnc3c(N4CCCC4)nccn23)cc1)N1CCOCC1.